The summed E-state index contributed by atoms with van der Waals surface area (Å²) >= 11 is 0. The first-order valence-electron chi connectivity index (χ1n) is 5.22. The van der Waals surface area contributed by atoms with E-state index in [4.69, 9.17) is 9.47 Å². The summed E-state index contributed by atoms with van der Waals surface area (Å²) in [4.78, 5) is 0. The van der Waals surface area contributed by atoms with Crippen molar-refractivity contribution in [1.29, 1.82) is 0 Å². The van der Waals surface area contributed by atoms with Crippen LogP contribution in [0.1, 0.15) is 35.1 Å². The van der Waals surface area contributed by atoms with Gasteiger partial charge in [-0.05, 0) is 24.7 Å². The Kier molecular flexibility index (Phi) is 5.68. The molecule has 1 fully saturated rings. The fourth-order valence-corrected chi connectivity index (χ4v) is 2.12. The van der Waals surface area contributed by atoms with Gasteiger partial charge in [-0.1, -0.05) is 28.2 Å². The minimum absolute atomic E-state index is 0. The van der Waals surface area contributed by atoms with Crippen molar-refractivity contribution in [2.24, 2.45) is 17.8 Å². The van der Waals surface area contributed by atoms with Crippen molar-refractivity contribution >= 4 is 0 Å². The van der Waals surface area contributed by atoms with Gasteiger partial charge in [0.2, 0.25) is 0 Å². The molecule has 0 aromatic carbocycles. The first kappa shape index (κ1) is 13.9. The summed E-state index contributed by atoms with van der Waals surface area (Å²) in [5.41, 5.74) is 0. The van der Waals surface area contributed by atoms with Crippen LogP contribution in [0.4, 0.5) is 0 Å². The SMILES string of the molecule is C.COCC1OC(C)C(C)C(C)C1C. The zero-order valence-electron chi connectivity index (χ0n) is 9.41. The molecule has 1 rings (SSSR count). The lowest BCUT2D eigenvalue weighted by Gasteiger charge is -2.42. The van der Waals surface area contributed by atoms with Crippen molar-refractivity contribution in [2.75, 3.05) is 13.7 Å². The average Bonchev–Trinajstić information content (AvgIpc) is 2.11. The van der Waals surface area contributed by atoms with Crippen molar-refractivity contribution in [1.82, 2.24) is 0 Å². The molecule has 0 aromatic rings. The van der Waals surface area contributed by atoms with E-state index in [1.807, 2.05) is 0 Å². The van der Waals surface area contributed by atoms with Crippen LogP contribution in [-0.2, 0) is 9.47 Å². The lowest BCUT2D eigenvalue weighted by molar-refractivity contribution is -0.144. The maximum atomic E-state index is 5.90. The quantitative estimate of drug-likeness (QED) is 0.685. The highest BCUT2D eigenvalue weighted by Gasteiger charge is 2.36. The predicted molar refractivity (Wildman–Crippen MR) is 60.4 cm³/mol. The van der Waals surface area contributed by atoms with Crippen LogP contribution in [0.2, 0.25) is 0 Å². The van der Waals surface area contributed by atoms with Gasteiger partial charge in [-0.2, -0.15) is 0 Å². The van der Waals surface area contributed by atoms with E-state index >= 15 is 0 Å². The number of ether oxygens (including phenoxy) is 2. The molecular weight excluding hydrogens is 176 g/mol. The zero-order valence-corrected chi connectivity index (χ0v) is 9.41. The molecule has 0 bridgehead atoms. The number of hydrogen-bond donors (Lipinski definition) is 0. The van der Waals surface area contributed by atoms with E-state index in [-0.39, 0.29) is 13.5 Å². The van der Waals surface area contributed by atoms with Gasteiger partial charge in [0.15, 0.2) is 0 Å². The van der Waals surface area contributed by atoms with Gasteiger partial charge in [0.25, 0.3) is 0 Å². The van der Waals surface area contributed by atoms with E-state index in [9.17, 15) is 0 Å². The van der Waals surface area contributed by atoms with Crippen molar-refractivity contribution in [3.8, 4) is 0 Å². The molecule has 0 aliphatic carbocycles. The molecule has 1 saturated heterocycles. The molecule has 86 valence electrons. The average molecular weight is 202 g/mol. The Morgan fingerprint density at radius 1 is 1.00 bits per heavy atom. The van der Waals surface area contributed by atoms with E-state index in [1.165, 1.54) is 0 Å². The van der Waals surface area contributed by atoms with Gasteiger partial charge < -0.3 is 9.47 Å². The minimum Gasteiger partial charge on any atom is -0.382 e. The molecule has 0 aromatic heterocycles. The van der Waals surface area contributed by atoms with Crippen molar-refractivity contribution in [3.05, 3.63) is 0 Å². The van der Waals surface area contributed by atoms with Crippen LogP contribution in [0.25, 0.3) is 0 Å². The fourth-order valence-electron chi connectivity index (χ4n) is 2.12. The molecule has 0 amide bonds. The Morgan fingerprint density at radius 3 is 2.07 bits per heavy atom. The Hall–Kier alpha value is -0.0800. The summed E-state index contributed by atoms with van der Waals surface area (Å²) in [6, 6.07) is 0. The molecule has 0 N–H and O–H groups in total. The maximum Gasteiger partial charge on any atom is 0.0840 e. The van der Waals surface area contributed by atoms with E-state index in [1.54, 1.807) is 7.11 Å². The molecule has 0 spiro atoms. The normalized spacial score (nSPS) is 43.1. The van der Waals surface area contributed by atoms with E-state index in [2.05, 4.69) is 27.7 Å². The third kappa shape index (κ3) is 2.71. The highest BCUT2D eigenvalue weighted by Crippen LogP contribution is 2.34. The molecular formula is C12H26O2. The molecule has 0 radical (unpaired) electrons. The highest BCUT2D eigenvalue weighted by atomic mass is 16.5. The smallest absolute Gasteiger partial charge is 0.0840 e. The van der Waals surface area contributed by atoms with Crippen molar-refractivity contribution in [2.45, 2.75) is 47.3 Å². The number of methoxy groups -OCH3 is 1. The Morgan fingerprint density at radius 2 is 1.57 bits per heavy atom. The predicted octanol–water partition coefficient (Wildman–Crippen LogP) is 2.96. The Bertz CT molecular complexity index is 158. The van der Waals surface area contributed by atoms with Crippen molar-refractivity contribution < 1.29 is 9.47 Å². The lowest BCUT2D eigenvalue weighted by atomic mass is 9.77. The van der Waals surface area contributed by atoms with Crippen LogP contribution in [0, 0.1) is 17.8 Å². The van der Waals surface area contributed by atoms with Crippen LogP contribution in [0.3, 0.4) is 0 Å². The van der Waals surface area contributed by atoms with Gasteiger partial charge in [0.1, 0.15) is 0 Å². The van der Waals surface area contributed by atoms with Crippen molar-refractivity contribution in [3.63, 3.8) is 0 Å². The number of hydrogen-bond acceptors (Lipinski definition) is 2. The summed E-state index contributed by atoms with van der Waals surface area (Å²) in [5, 5.41) is 0. The van der Waals surface area contributed by atoms with E-state index in [0.29, 0.717) is 17.9 Å². The summed E-state index contributed by atoms with van der Waals surface area (Å²) in [7, 11) is 1.74. The molecule has 1 aliphatic rings. The highest BCUT2D eigenvalue weighted by molar-refractivity contribution is 4.83. The molecule has 2 nitrogen and oxygen atoms in total. The first-order chi connectivity index (χ1) is 6.07. The summed E-state index contributed by atoms with van der Waals surface area (Å²) in [6.07, 6.45) is 0.651. The van der Waals surface area contributed by atoms with Gasteiger partial charge in [0.05, 0.1) is 18.8 Å². The molecule has 1 heterocycles. The van der Waals surface area contributed by atoms with Gasteiger partial charge in [-0.3, -0.25) is 0 Å². The van der Waals surface area contributed by atoms with Crippen LogP contribution in [0.5, 0.6) is 0 Å². The zero-order chi connectivity index (χ0) is 10.0. The fraction of sp³-hybridized carbons (Fsp3) is 1.00. The van der Waals surface area contributed by atoms with Crippen LogP contribution in [0.15, 0.2) is 0 Å². The first-order valence-corrected chi connectivity index (χ1v) is 5.22. The summed E-state index contributed by atoms with van der Waals surface area (Å²) in [6.45, 7) is 9.74. The number of rotatable bonds is 2. The third-order valence-electron chi connectivity index (χ3n) is 3.71. The third-order valence-corrected chi connectivity index (χ3v) is 3.71. The lowest BCUT2D eigenvalue weighted by Crippen LogP contribution is -2.45. The largest absolute Gasteiger partial charge is 0.382 e. The second kappa shape index (κ2) is 5.72. The van der Waals surface area contributed by atoms with E-state index < -0.39 is 0 Å². The topological polar surface area (TPSA) is 18.5 Å². The monoisotopic (exact) mass is 202 g/mol. The standard InChI is InChI=1S/C11H22O2.CH4/c1-7-8(2)10(4)13-11(6-12-5)9(7)3;/h7-11H,6H2,1-5H3;1H4. The molecule has 5 unspecified atom stereocenters. The summed E-state index contributed by atoms with van der Waals surface area (Å²) < 4.78 is 11.1. The molecule has 5 atom stereocenters. The van der Waals surface area contributed by atoms with Gasteiger partial charge >= 0.3 is 0 Å². The second-order valence-corrected chi connectivity index (χ2v) is 4.41. The van der Waals surface area contributed by atoms with Crippen LogP contribution in [-0.4, -0.2) is 25.9 Å². The van der Waals surface area contributed by atoms with Crippen LogP contribution >= 0.6 is 0 Å². The summed E-state index contributed by atoms with van der Waals surface area (Å²) in [5.74, 6) is 1.98. The molecule has 2 heteroatoms. The Balaban J connectivity index is 0.00000169. The van der Waals surface area contributed by atoms with E-state index in [0.717, 1.165) is 12.5 Å². The molecule has 0 saturated carbocycles. The second-order valence-electron chi connectivity index (χ2n) is 4.41. The Labute approximate surface area is 89.0 Å². The molecule has 1 aliphatic heterocycles. The van der Waals surface area contributed by atoms with Crippen LogP contribution < -0.4 is 0 Å². The van der Waals surface area contributed by atoms with Gasteiger partial charge in [-0.25, -0.2) is 0 Å². The van der Waals surface area contributed by atoms with Gasteiger partial charge in [0, 0.05) is 7.11 Å². The molecule has 14 heavy (non-hydrogen) atoms. The minimum atomic E-state index is 0. The maximum absolute atomic E-state index is 5.90. The van der Waals surface area contributed by atoms with Gasteiger partial charge in [-0.15, -0.1) is 0 Å².